The van der Waals surface area contributed by atoms with Crippen molar-refractivity contribution < 1.29 is 23.9 Å². The van der Waals surface area contributed by atoms with Crippen molar-refractivity contribution in [3.63, 3.8) is 0 Å². The molecule has 5 atom stereocenters. The van der Waals surface area contributed by atoms with Gasteiger partial charge in [-0.1, -0.05) is 61.6 Å². The summed E-state index contributed by atoms with van der Waals surface area (Å²) in [4.78, 5) is 41.0. The second kappa shape index (κ2) is 13.7. The molecule has 2 heterocycles. The molecule has 1 saturated heterocycles. The molecule has 14 heteroatoms. The number of azo groups is 1. The highest BCUT2D eigenvalue weighted by Gasteiger charge is 2.75. The fourth-order valence-electron chi connectivity index (χ4n) is 6.90. The number of halogens is 3. The number of carbonyl (C=O) groups is 3. The molecule has 0 aromatic heterocycles. The highest BCUT2D eigenvalue weighted by Crippen LogP contribution is 2.62. The van der Waals surface area contributed by atoms with Crippen LogP contribution in [0.2, 0.25) is 15.1 Å². The van der Waals surface area contributed by atoms with Gasteiger partial charge in [-0.2, -0.15) is 15.2 Å². The van der Waals surface area contributed by atoms with E-state index in [9.17, 15) is 14.4 Å². The summed E-state index contributed by atoms with van der Waals surface area (Å²) in [6.45, 7) is 6.35. The molecule has 3 aromatic rings. The number of hydrogen-bond donors (Lipinski definition) is 2. The number of carbonyl (C=O) groups excluding carboxylic acids is 3. The number of amidine groups is 1. The minimum atomic E-state index is -1.34. The van der Waals surface area contributed by atoms with Gasteiger partial charge >= 0.3 is 0 Å². The third kappa shape index (κ3) is 6.52. The number of amides is 3. The Morgan fingerprint density at radius 3 is 2.43 bits per heavy atom. The monoisotopic (exact) mass is 724 g/mol. The van der Waals surface area contributed by atoms with Gasteiger partial charge in [0.1, 0.15) is 17.0 Å². The van der Waals surface area contributed by atoms with Crippen molar-refractivity contribution in [3.8, 4) is 5.75 Å². The minimum absolute atomic E-state index is 0.0693. The highest BCUT2D eigenvalue weighted by atomic mass is 35.5. The van der Waals surface area contributed by atoms with E-state index in [1.807, 2.05) is 6.92 Å². The smallest absolute Gasteiger partial charge is 0.282 e. The van der Waals surface area contributed by atoms with Gasteiger partial charge in [-0.05, 0) is 92.1 Å². The second-order valence-electron chi connectivity index (χ2n) is 12.6. The number of methoxy groups -OCH3 is 1. The lowest BCUT2D eigenvalue weighted by Gasteiger charge is -2.32. The number of ether oxygens (including phenoxy) is 2. The molecular weight excluding hydrogens is 691 g/mol. The molecule has 0 radical (unpaired) electrons. The van der Waals surface area contributed by atoms with Gasteiger partial charge in [0.25, 0.3) is 17.7 Å². The summed E-state index contributed by atoms with van der Waals surface area (Å²) in [6, 6.07) is 14.7. The van der Waals surface area contributed by atoms with E-state index in [4.69, 9.17) is 44.3 Å². The van der Waals surface area contributed by atoms with Crippen LogP contribution in [0.15, 0.2) is 76.0 Å². The molecule has 2 aliphatic heterocycles. The number of hydrogen-bond acceptors (Lipinski definition) is 8. The summed E-state index contributed by atoms with van der Waals surface area (Å²) in [6.07, 6.45) is 3.39. The van der Waals surface area contributed by atoms with Crippen molar-refractivity contribution in [2.24, 2.45) is 27.2 Å². The first kappa shape index (κ1) is 34.8. The van der Waals surface area contributed by atoms with E-state index < -0.39 is 29.1 Å². The number of hydrazone groups is 1. The molecule has 256 valence electrons. The van der Waals surface area contributed by atoms with E-state index in [1.54, 1.807) is 55.6 Å². The van der Waals surface area contributed by atoms with E-state index in [-0.39, 0.29) is 44.0 Å². The Balaban J connectivity index is 1.24. The molecule has 2 N–H and O–H groups in total. The lowest BCUT2D eigenvalue weighted by molar-refractivity contribution is -0.121. The molecule has 3 aromatic carbocycles. The molecule has 1 aliphatic carbocycles. The maximum Gasteiger partial charge on any atom is 0.282 e. The Morgan fingerprint density at radius 1 is 1.06 bits per heavy atom. The zero-order chi connectivity index (χ0) is 35.1. The van der Waals surface area contributed by atoms with Crippen molar-refractivity contribution in [1.82, 2.24) is 5.32 Å². The number of anilines is 2. The van der Waals surface area contributed by atoms with Crippen LogP contribution in [0.4, 0.5) is 17.1 Å². The van der Waals surface area contributed by atoms with Gasteiger partial charge in [-0.25, -0.2) is 0 Å². The average molecular weight is 726 g/mol. The van der Waals surface area contributed by atoms with Crippen LogP contribution < -0.4 is 20.4 Å². The lowest BCUT2D eigenvalue weighted by atomic mass is 9.69. The van der Waals surface area contributed by atoms with Gasteiger partial charge < -0.3 is 20.1 Å². The third-order valence-electron chi connectivity index (χ3n) is 9.51. The topological polar surface area (TPSA) is 137 Å². The van der Waals surface area contributed by atoms with Gasteiger partial charge in [-0.15, -0.1) is 5.10 Å². The van der Waals surface area contributed by atoms with Crippen molar-refractivity contribution in [2.45, 2.75) is 63.7 Å². The van der Waals surface area contributed by atoms with Gasteiger partial charge in [0, 0.05) is 16.3 Å². The van der Waals surface area contributed by atoms with Crippen LogP contribution in [0.3, 0.4) is 0 Å². The first-order chi connectivity index (χ1) is 23.4. The number of nitrogens with one attached hydrogen (secondary N) is 2. The lowest BCUT2D eigenvalue weighted by Crippen LogP contribution is -2.43. The van der Waals surface area contributed by atoms with Crippen molar-refractivity contribution in [2.75, 3.05) is 17.4 Å². The summed E-state index contributed by atoms with van der Waals surface area (Å²) < 4.78 is 11.5. The Hall–Kier alpha value is -4.03. The van der Waals surface area contributed by atoms with Crippen LogP contribution in [-0.2, 0) is 14.3 Å². The summed E-state index contributed by atoms with van der Waals surface area (Å²) in [5, 5.41) is 19.8. The van der Waals surface area contributed by atoms with Crippen LogP contribution in [0.1, 0.15) is 56.8 Å². The largest absolute Gasteiger partial charge is 0.497 e. The van der Waals surface area contributed by atoms with Gasteiger partial charge in [0.15, 0.2) is 11.4 Å². The second-order valence-corrected chi connectivity index (χ2v) is 13.9. The maximum atomic E-state index is 13.7. The maximum absolute atomic E-state index is 13.7. The molecule has 11 nitrogen and oxygen atoms in total. The van der Waals surface area contributed by atoms with Crippen molar-refractivity contribution in [3.05, 3.63) is 81.3 Å². The summed E-state index contributed by atoms with van der Waals surface area (Å²) in [5.74, 6) is -0.132. The van der Waals surface area contributed by atoms with Gasteiger partial charge in [0.05, 0.1) is 22.8 Å². The number of epoxide rings is 1. The SMILES string of the molecule is CCC1(C(=O)Nc2cccc(C(=O)NC3=NN(c4c(Cl)cc(Cl)cc4Cl)C(=O)C3N=Nc3ccc(OC)cc3)c2)OC12CCC(C)CC2C. The zero-order valence-electron chi connectivity index (χ0n) is 27.3. The molecule has 3 amide bonds. The van der Waals surface area contributed by atoms with E-state index in [0.29, 0.717) is 29.5 Å². The van der Waals surface area contributed by atoms with Crippen molar-refractivity contribution >= 4 is 75.4 Å². The zero-order valence-corrected chi connectivity index (χ0v) is 29.6. The average Bonchev–Trinajstić information content (AvgIpc) is 3.66. The van der Waals surface area contributed by atoms with Crippen molar-refractivity contribution in [1.29, 1.82) is 0 Å². The quantitative estimate of drug-likeness (QED) is 0.178. The summed E-state index contributed by atoms with van der Waals surface area (Å²) in [7, 11) is 1.54. The van der Waals surface area contributed by atoms with E-state index in [1.165, 1.54) is 12.1 Å². The number of benzene rings is 3. The fraction of sp³-hybridized carbons (Fsp3) is 0.371. The third-order valence-corrected chi connectivity index (χ3v) is 10.3. The fourth-order valence-corrected chi connectivity index (χ4v) is 7.87. The summed E-state index contributed by atoms with van der Waals surface area (Å²) >= 11 is 18.9. The van der Waals surface area contributed by atoms with Crippen LogP contribution in [-0.4, -0.2) is 47.9 Å². The van der Waals surface area contributed by atoms with Gasteiger partial charge in [0.2, 0.25) is 6.04 Å². The Kier molecular flexibility index (Phi) is 9.74. The number of rotatable bonds is 8. The van der Waals surface area contributed by atoms with E-state index in [2.05, 4.69) is 39.8 Å². The molecule has 5 unspecified atom stereocenters. The van der Waals surface area contributed by atoms with Crippen LogP contribution >= 0.6 is 34.8 Å². The normalized spacial score (nSPS) is 26.2. The first-order valence-electron chi connectivity index (χ1n) is 16.0. The summed E-state index contributed by atoms with van der Waals surface area (Å²) in [5.41, 5.74) is -0.252. The molecule has 1 saturated carbocycles. The number of nitrogens with zero attached hydrogens (tertiary/aromatic N) is 4. The van der Waals surface area contributed by atoms with E-state index >= 15 is 0 Å². The molecule has 0 bridgehead atoms. The van der Waals surface area contributed by atoms with Crippen LogP contribution in [0.5, 0.6) is 5.75 Å². The van der Waals surface area contributed by atoms with Crippen LogP contribution in [0.25, 0.3) is 0 Å². The minimum Gasteiger partial charge on any atom is -0.497 e. The molecular formula is C35H35Cl3N6O5. The Morgan fingerprint density at radius 2 is 1.78 bits per heavy atom. The molecule has 3 aliphatic rings. The Bertz CT molecular complexity index is 1850. The first-order valence-corrected chi connectivity index (χ1v) is 17.1. The predicted octanol–water partition coefficient (Wildman–Crippen LogP) is 8.21. The highest BCUT2D eigenvalue weighted by molar-refractivity contribution is 6.43. The standard InChI is InChI=1S/C35H35Cl3N6O5/c1-5-34(35(49-34)14-13-19(2)15-20(35)3)33(47)39-24-8-6-7-21(16-24)31(45)40-30-28(42-41-23-9-11-25(48-4)12-10-23)32(46)44(43-30)29-26(37)17-22(36)18-27(29)38/h6-12,16-20,28H,5,13-15H2,1-4H3,(H,39,47)(H,40,43,45). The molecule has 6 rings (SSSR count). The van der Waals surface area contributed by atoms with Gasteiger partial charge in [-0.3, -0.25) is 14.4 Å². The molecule has 49 heavy (non-hydrogen) atoms. The molecule has 2 fully saturated rings. The molecule has 1 spiro atoms. The van der Waals surface area contributed by atoms with Crippen LogP contribution in [0, 0.1) is 11.8 Å². The Labute approximate surface area is 299 Å². The predicted molar refractivity (Wildman–Crippen MR) is 189 cm³/mol. The van der Waals surface area contributed by atoms with E-state index in [0.717, 1.165) is 24.3 Å².